The molecule has 3 N–H and O–H groups in total. The average molecular weight is 283 g/mol. The summed E-state index contributed by atoms with van der Waals surface area (Å²) in [5, 5.41) is 14.3. The van der Waals surface area contributed by atoms with E-state index < -0.39 is 18.0 Å². The van der Waals surface area contributed by atoms with E-state index in [1.165, 1.54) is 12.8 Å². The first-order valence-corrected chi connectivity index (χ1v) is 7.03. The van der Waals surface area contributed by atoms with Crippen LogP contribution < -0.4 is 10.6 Å². The van der Waals surface area contributed by atoms with E-state index in [0.717, 1.165) is 11.3 Å². The SMILES string of the molecule is CC1CCCC1CNC(=O)N1CC(=O)NCC1C(=O)O. The summed E-state index contributed by atoms with van der Waals surface area (Å²) in [6.45, 7) is 2.47. The number of piperazine rings is 1. The standard InChI is InChI=1S/C13H21N3O4/c1-8-3-2-4-9(8)5-15-13(20)16-7-11(17)14-6-10(16)12(18)19/h8-10H,2-7H2,1H3,(H,14,17)(H,15,20)(H,18,19). The number of hydrogen-bond acceptors (Lipinski definition) is 3. The Morgan fingerprint density at radius 2 is 2.20 bits per heavy atom. The molecule has 0 aromatic rings. The van der Waals surface area contributed by atoms with Gasteiger partial charge in [0.2, 0.25) is 5.91 Å². The topological polar surface area (TPSA) is 98.7 Å². The molecule has 1 saturated heterocycles. The van der Waals surface area contributed by atoms with Gasteiger partial charge in [-0.3, -0.25) is 9.69 Å². The maximum Gasteiger partial charge on any atom is 0.328 e. The van der Waals surface area contributed by atoms with Gasteiger partial charge < -0.3 is 15.7 Å². The highest BCUT2D eigenvalue weighted by Crippen LogP contribution is 2.30. The van der Waals surface area contributed by atoms with Crippen LogP contribution in [0.4, 0.5) is 4.79 Å². The van der Waals surface area contributed by atoms with Crippen molar-refractivity contribution >= 4 is 17.9 Å². The van der Waals surface area contributed by atoms with E-state index in [1.54, 1.807) is 0 Å². The molecule has 0 radical (unpaired) electrons. The van der Waals surface area contributed by atoms with Crippen molar-refractivity contribution in [3.05, 3.63) is 0 Å². The Kier molecular flexibility index (Phi) is 4.46. The van der Waals surface area contributed by atoms with Crippen molar-refractivity contribution in [2.24, 2.45) is 11.8 Å². The van der Waals surface area contributed by atoms with Crippen LogP contribution >= 0.6 is 0 Å². The number of carboxylic acids is 1. The number of urea groups is 1. The molecule has 3 atom stereocenters. The Balaban J connectivity index is 1.91. The molecular formula is C13H21N3O4. The lowest BCUT2D eigenvalue weighted by Gasteiger charge is -2.33. The van der Waals surface area contributed by atoms with E-state index in [2.05, 4.69) is 17.6 Å². The molecule has 7 nitrogen and oxygen atoms in total. The summed E-state index contributed by atoms with van der Waals surface area (Å²) >= 11 is 0. The Morgan fingerprint density at radius 1 is 1.45 bits per heavy atom. The summed E-state index contributed by atoms with van der Waals surface area (Å²) in [6, 6.07) is -1.46. The zero-order chi connectivity index (χ0) is 14.7. The van der Waals surface area contributed by atoms with E-state index in [9.17, 15) is 14.4 Å². The summed E-state index contributed by atoms with van der Waals surface area (Å²) in [5.74, 6) is -0.405. The normalized spacial score (nSPS) is 29.9. The van der Waals surface area contributed by atoms with Crippen molar-refractivity contribution in [2.45, 2.75) is 32.2 Å². The molecule has 0 bridgehead atoms. The highest BCUT2D eigenvalue weighted by atomic mass is 16.4. The second-order valence-electron chi connectivity index (χ2n) is 5.64. The summed E-state index contributed by atoms with van der Waals surface area (Å²) in [7, 11) is 0. The van der Waals surface area contributed by atoms with Gasteiger partial charge in [-0.05, 0) is 18.3 Å². The van der Waals surface area contributed by atoms with Crippen LogP contribution in [0.15, 0.2) is 0 Å². The molecule has 3 unspecified atom stereocenters. The minimum absolute atomic E-state index is 0.0403. The maximum absolute atomic E-state index is 12.1. The molecule has 0 spiro atoms. The number of aliphatic carboxylic acids is 1. The Hall–Kier alpha value is -1.79. The smallest absolute Gasteiger partial charge is 0.328 e. The molecular weight excluding hydrogens is 262 g/mol. The quantitative estimate of drug-likeness (QED) is 0.680. The average Bonchev–Trinajstić information content (AvgIpc) is 2.81. The van der Waals surface area contributed by atoms with Crippen molar-refractivity contribution in [1.82, 2.24) is 15.5 Å². The Bertz CT molecular complexity index is 412. The molecule has 1 aliphatic carbocycles. The third-order valence-electron chi connectivity index (χ3n) is 4.28. The van der Waals surface area contributed by atoms with Crippen LogP contribution in [0.1, 0.15) is 26.2 Å². The van der Waals surface area contributed by atoms with E-state index >= 15 is 0 Å². The molecule has 112 valence electrons. The van der Waals surface area contributed by atoms with E-state index in [4.69, 9.17) is 5.11 Å². The number of hydrogen-bond donors (Lipinski definition) is 3. The first kappa shape index (κ1) is 14.6. The fourth-order valence-corrected chi connectivity index (χ4v) is 2.92. The van der Waals surface area contributed by atoms with Crippen LogP contribution in [0.5, 0.6) is 0 Å². The highest BCUT2D eigenvalue weighted by Gasteiger charge is 2.35. The van der Waals surface area contributed by atoms with Gasteiger partial charge in [-0.1, -0.05) is 19.8 Å². The number of carbonyl (C=O) groups is 3. The number of rotatable bonds is 3. The van der Waals surface area contributed by atoms with Gasteiger partial charge in [0.1, 0.15) is 12.6 Å². The van der Waals surface area contributed by atoms with Crippen LogP contribution in [0.2, 0.25) is 0 Å². The lowest BCUT2D eigenvalue weighted by molar-refractivity contribution is -0.144. The lowest BCUT2D eigenvalue weighted by atomic mass is 9.98. The van der Waals surface area contributed by atoms with Crippen LogP contribution in [-0.2, 0) is 9.59 Å². The molecule has 2 fully saturated rings. The van der Waals surface area contributed by atoms with Gasteiger partial charge in [0, 0.05) is 13.1 Å². The lowest BCUT2D eigenvalue weighted by Crippen LogP contribution is -2.61. The molecule has 1 saturated carbocycles. The van der Waals surface area contributed by atoms with Gasteiger partial charge in [-0.2, -0.15) is 0 Å². The number of carboxylic acid groups (broad SMARTS) is 1. The minimum atomic E-state index is -1.10. The fourth-order valence-electron chi connectivity index (χ4n) is 2.92. The van der Waals surface area contributed by atoms with Crippen molar-refractivity contribution in [2.75, 3.05) is 19.6 Å². The second kappa shape index (κ2) is 6.11. The maximum atomic E-state index is 12.1. The summed E-state index contributed by atoms with van der Waals surface area (Å²) in [5.41, 5.74) is 0. The number of amides is 3. The van der Waals surface area contributed by atoms with Crippen LogP contribution in [0.25, 0.3) is 0 Å². The first-order valence-electron chi connectivity index (χ1n) is 7.03. The molecule has 3 amide bonds. The molecule has 1 heterocycles. The monoisotopic (exact) mass is 283 g/mol. The van der Waals surface area contributed by atoms with Crippen molar-refractivity contribution < 1.29 is 19.5 Å². The molecule has 2 aliphatic rings. The molecule has 1 aliphatic heterocycles. The van der Waals surface area contributed by atoms with Crippen molar-refractivity contribution in [3.8, 4) is 0 Å². The van der Waals surface area contributed by atoms with Gasteiger partial charge in [0.15, 0.2) is 0 Å². The van der Waals surface area contributed by atoms with Gasteiger partial charge in [0.05, 0.1) is 0 Å². The Labute approximate surface area is 117 Å². The third kappa shape index (κ3) is 3.20. The summed E-state index contributed by atoms with van der Waals surface area (Å²) < 4.78 is 0. The van der Waals surface area contributed by atoms with Gasteiger partial charge in [-0.15, -0.1) is 0 Å². The largest absolute Gasteiger partial charge is 0.480 e. The fraction of sp³-hybridized carbons (Fsp3) is 0.769. The van der Waals surface area contributed by atoms with Gasteiger partial charge in [-0.25, -0.2) is 9.59 Å². The molecule has 20 heavy (non-hydrogen) atoms. The van der Waals surface area contributed by atoms with Crippen molar-refractivity contribution in [3.63, 3.8) is 0 Å². The minimum Gasteiger partial charge on any atom is -0.480 e. The predicted molar refractivity (Wildman–Crippen MR) is 71.0 cm³/mol. The third-order valence-corrected chi connectivity index (χ3v) is 4.28. The second-order valence-corrected chi connectivity index (χ2v) is 5.64. The summed E-state index contributed by atoms with van der Waals surface area (Å²) in [4.78, 5) is 35.6. The first-order chi connectivity index (χ1) is 9.49. The van der Waals surface area contributed by atoms with E-state index in [-0.39, 0.29) is 19.0 Å². The van der Waals surface area contributed by atoms with E-state index in [1.807, 2.05) is 0 Å². The number of nitrogens with zero attached hydrogens (tertiary/aromatic N) is 1. The van der Waals surface area contributed by atoms with Crippen LogP contribution in [-0.4, -0.2) is 53.6 Å². The van der Waals surface area contributed by atoms with Gasteiger partial charge >= 0.3 is 12.0 Å². The Morgan fingerprint density at radius 3 is 2.80 bits per heavy atom. The van der Waals surface area contributed by atoms with Gasteiger partial charge in [0.25, 0.3) is 0 Å². The van der Waals surface area contributed by atoms with Crippen LogP contribution in [0, 0.1) is 11.8 Å². The molecule has 7 heteroatoms. The highest BCUT2D eigenvalue weighted by molar-refractivity contribution is 5.90. The summed E-state index contributed by atoms with van der Waals surface area (Å²) in [6.07, 6.45) is 3.43. The number of carbonyl (C=O) groups excluding carboxylic acids is 2. The molecule has 0 aromatic carbocycles. The zero-order valence-electron chi connectivity index (χ0n) is 11.6. The van der Waals surface area contributed by atoms with Crippen molar-refractivity contribution in [1.29, 1.82) is 0 Å². The molecule has 0 aromatic heterocycles. The van der Waals surface area contributed by atoms with Crippen LogP contribution in [0.3, 0.4) is 0 Å². The number of nitrogens with one attached hydrogen (secondary N) is 2. The van der Waals surface area contributed by atoms with E-state index in [0.29, 0.717) is 18.4 Å². The molecule has 2 rings (SSSR count). The zero-order valence-corrected chi connectivity index (χ0v) is 11.6. The predicted octanol–water partition coefficient (Wildman–Crippen LogP) is 0.0172.